The topological polar surface area (TPSA) is 51.6 Å². The van der Waals surface area contributed by atoms with Crippen LogP contribution in [-0.2, 0) is 0 Å². The molecular weight excluding hydrogens is 260 g/mol. The number of nitrogens with zero attached hydrogens (tertiary/aromatic N) is 4. The van der Waals surface area contributed by atoms with E-state index in [-0.39, 0.29) is 5.15 Å². The summed E-state index contributed by atoms with van der Waals surface area (Å²) in [6.45, 7) is 0. The Labute approximate surface area is 115 Å². The van der Waals surface area contributed by atoms with E-state index in [2.05, 4.69) is 20.2 Å². The van der Waals surface area contributed by atoms with Gasteiger partial charge in [-0.05, 0) is 12.1 Å². The van der Waals surface area contributed by atoms with E-state index >= 15 is 0 Å². The van der Waals surface area contributed by atoms with Crippen LogP contribution in [0, 0.1) is 0 Å². The molecule has 0 N–H and O–H groups in total. The molecule has 0 atom stereocenters. The van der Waals surface area contributed by atoms with Crippen molar-refractivity contribution >= 4 is 11.6 Å². The van der Waals surface area contributed by atoms with Crippen LogP contribution in [0.15, 0.2) is 54.7 Å². The molecule has 1 aromatic carbocycles. The summed E-state index contributed by atoms with van der Waals surface area (Å²) in [7, 11) is 0. The van der Waals surface area contributed by atoms with Crippen LogP contribution >= 0.6 is 11.6 Å². The summed E-state index contributed by atoms with van der Waals surface area (Å²) in [4.78, 5) is 8.65. The maximum atomic E-state index is 6.06. The molecule has 3 rings (SSSR count). The first kappa shape index (κ1) is 11.7. The van der Waals surface area contributed by atoms with Crippen molar-refractivity contribution in [1.82, 2.24) is 20.2 Å². The number of rotatable bonds is 2. The molecule has 0 unspecified atom stereocenters. The summed E-state index contributed by atoms with van der Waals surface area (Å²) in [6.07, 6.45) is 1.69. The van der Waals surface area contributed by atoms with E-state index in [1.807, 2.05) is 48.5 Å². The molecule has 0 amide bonds. The van der Waals surface area contributed by atoms with Crippen LogP contribution in [0.4, 0.5) is 0 Å². The number of hydrogen-bond acceptors (Lipinski definition) is 4. The van der Waals surface area contributed by atoms with Crippen LogP contribution in [0.25, 0.3) is 22.8 Å². The van der Waals surface area contributed by atoms with Crippen LogP contribution in [0.3, 0.4) is 0 Å². The highest BCUT2D eigenvalue weighted by Crippen LogP contribution is 2.24. The molecule has 5 heteroatoms. The molecule has 2 aromatic heterocycles. The van der Waals surface area contributed by atoms with Crippen molar-refractivity contribution in [1.29, 1.82) is 0 Å². The van der Waals surface area contributed by atoms with E-state index < -0.39 is 0 Å². The highest BCUT2D eigenvalue weighted by atomic mass is 35.5. The van der Waals surface area contributed by atoms with Crippen molar-refractivity contribution in [3.05, 3.63) is 59.9 Å². The minimum atomic E-state index is 0.283. The average molecular weight is 269 g/mol. The van der Waals surface area contributed by atoms with Crippen molar-refractivity contribution in [3.8, 4) is 22.8 Å². The fraction of sp³-hybridized carbons (Fsp3) is 0. The SMILES string of the molecule is Clc1nnc(-c2ccccn2)nc1-c1ccccc1. The Morgan fingerprint density at radius 1 is 0.842 bits per heavy atom. The first-order valence-electron chi connectivity index (χ1n) is 5.71. The molecular formula is C14H9ClN4. The molecule has 4 nitrogen and oxygen atoms in total. The number of aromatic nitrogens is 4. The maximum absolute atomic E-state index is 6.06. The molecule has 0 aliphatic carbocycles. The molecule has 0 aliphatic heterocycles. The highest BCUT2D eigenvalue weighted by Gasteiger charge is 2.11. The third-order valence-corrected chi connectivity index (χ3v) is 2.84. The Balaban J connectivity index is 2.12. The van der Waals surface area contributed by atoms with Crippen molar-refractivity contribution < 1.29 is 0 Å². The van der Waals surface area contributed by atoms with Crippen LogP contribution in [-0.4, -0.2) is 20.2 Å². The zero-order valence-corrected chi connectivity index (χ0v) is 10.6. The smallest absolute Gasteiger partial charge is 0.201 e. The second kappa shape index (κ2) is 5.12. The van der Waals surface area contributed by atoms with E-state index in [1.165, 1.54) is 0 Å². The lowest BCUT2D eigenvalue weighted by Crippen LogP contribution is -1.98. The lowest BCUT2D eigenvalue weighted by molar-refractivity contribution is 0.975. The first-order valence-corrected chi connectivity index (χ1v) is 6.09. The lowest BCUT2D eigenvalue weighted by atomic mass is 10.2. The number of hydrogen-bond donors (Lipinski definition) is 0. The Hall–Kier alpha value is -2.33. The number of pyridine rings is 1. The van der Waals surface area contributed by atoms with E-state index in [0.29, 0.717) is 17.2 Å². The van der Waals surface area contributed by atoms with Crippen LogP contribution < -0.4 is 0 Å². The molecule has 0 aliphatic rings. The Morgan fingerprint density at radius 2 is 1.63 bits per heavy atom. The quantitative estimate of drug-likeness (QED) is 0.716. The van der Waals surface area contributed by atoms with E-state index in [0.717, 1.165) is 5.56 Å². The lowest BCUT2D eigenvalue weighted by Gasteiger charge is -2.04. The summed E-state index contributed by atoms with van der Waals surface area (Å²) < 4.78 is 0. The molecule has 0 saturated carbocycles. The predicted molar refractivity (Wildman–Crippen MR) is 73.5 cm³/mol. The summed E-state index contributed by atoms with van der Waals surface area (Å²) in [5.41, 5.74) is 2.18. The van der Waals surface area contributed by atoms with Crippen molar-refractivity contribution in [2.24, 2.45) is 0 Å². The zero-order chi connectivity index (χ0) is 13.1. The minimum absolute atomic E-state index is 0.283. The van der Waals surface area contributed by atoms with Crippen molar-refractivity contribution in [3.63, 3.8) is 0 Å². The Kier molecular flexibility index (Phi) is 3.16. The minimum Gasteiger partial charge on any atom is -0.253 e. The summed E-state index contributed by atoms with van der Waals surface area (Å²) in [5.74, 6) is 0.462. The Bertz CT molecular complexity index is 686. The third-order valence-electron chi connectivity index (χ3n) is 2.59. The normalized spacial score (nSPS) is 10.4. The van der Waals surface area contributed by atoms with Gasteiger partial charge in [0.2, 0.25) is 5.82 Å². The fourth-order valence-electron chi connectivity index (χ4n) is 1.70. The second-order valence-corrected chi connectivity index (χ2v) is 4.21. The van der Waals surface area contributed by atoms with E-state index in [4.69, 9.17) is 11.6 Å². The monoisotopic (exact) mass is 268 g/mol. The summed E-state index contributed by atoms with van der Waals surface area (Å²) in [5, 5.41) is 8.21. The van der Waals surface area contributed by atoms with Crippen molar-refractivity contribution in [2.75, 3.05) is 0 Å². The zero-order valence-electron chi connectivity index (χ0n) is 9.86. The third kappa shape index (κ3) is 2.44. The molecule has 2 heterocycles. The van der Waals surface area contributed by atoms with Gasteiger partial charge in [0.1, 0.15) is 11.4 Å². The van der Waals surface area contributed by atoms with Crippen LogP contribution in [0.2, 0.25) is 5.15 Å². The van der Waals surface area contributed by atoms with E-state index in [1.54, 1.807) is 6.20 Å². The molecule has 3 aromatic rings. The Morgan fingerprint density at radius 3 is 2.37 bits per heavy atom. The van der Waals surface area contributed by atoms with Crippen molar-refractivity contribution in [2.45, 2.75) is 0 Å². The average Bonchev–Trinajstić information content (AvgIpc) is 2.49. The van der Waals surface area contributed by atoms with Gasteiger partial charge in [0.25, 0.3) is 0 Å². The standard InChI is InChI=1S/C14H9ClN4/c15-13-12(10-6-2-1-3-7-10)17-14(19-18-13)11-8-4-5-9-16-11/h1-9H. The number of halogens is 1. The van der Waals surface area contributed by atoms with Gasteiger partial charge in [0, 0.05) is 11.8 Å². The number of benzene rings is 1. The summed E-state index contributed by atoms with van der Waals surface area (Å²) >= 11 is 6.06. The van der Waals surface area contributed by atoms with Gasteiger partial charge < -0.3 is 0 Å². The van der Waals surface area contributed by atoms with Gasteiger partial charge in [-0.2, -0.15) is 0 Å². The van der Waals surface area contributed by atoms with Gasteiger partial charge in [-0.15, -0.1) is 10.2 Å². The second-order valence-electron chi connectivity index (χ2n) is 3.86. The highest BCUT2D eigenvalue weighted by molar-refractivity contribution is 6.31. The molecule has 92 valence electrons. The predicted octanol–water partition coefficient (Wildman–Crippen LogP) is 3.25. The van der Waals surface area contributed by atoms with Gasteiger partial charge in [-0.25, -0.2) is 4.98 Å². The van der Waals surface area contributed by atoms with Crippen LogP contribution in [0.1, 0.15) is 0 Å². The molecule has 0 fully saturated rings. The van der Waals surface area contributed by atoms with E-state index in [9.17, 15) is 0 Å². The largest absolute Gasteiger partial charge is 0.253 e. The van der Waals surface area contributed by atoms with Crippen LogP contribution in [0.5, 0.6) is 0 Å². The molecule has 0 saturated heterocycles. The molecule has 0 radical (unpaired) electrons. The summed E-state index contributed by atoms with van der Waals surface area (Å²) in [6, 6.07) is 15.2. The van der Waals surface area contributed by atoms with Gasteiger partial charge in [0.05, 0.1) is 0 Å². The van der Waals surface area contributed by atoms with Gasteiger partial charge in [-0.3, -0.25) is 4.98 Å². The molecule has 0 bridgehead atoms. The fourth-order valence-corrected chi connectivity index (χ4v) is 1.89. The molecule has 19 heavy (non-hydrogen) atoms. The first-order chi connectivity index (χ1) is 9.34. The molecule has 0 spiro atoms. The van der Waals surface area contributed by atoms with Gasteiger partial charge in [-0.1, -0.05) is 48.0 Å². The maximum Gasteiger partial charge on any atom is 0.201 e. The van der Waals surface area contributed by atoms with Gasteiger partial charge >= 0.3 is 0 Å². The van der Waals surface area contributed by atoms with Gasteiger partial charge in [0.15, 0.2) is 5.15 Å².